The Morgan fingerprint density at radius 3 is 2.37 bits per heavy atom. The molecule has 0 aliphatic carbocycles. The maximum absolute atomic E-state index is 13.6. The second-order valence-electron chi connectivity index (χ2n) is 7.63. The molecule has 0 radical (unpaired) electrons. The first-order valence-electron chi connectivity index (χ1n) is 11.0. The first-order chi connectivity index (χ1) is 16.9. The van der Waals surface area contributed by atoms with Gasteiger partial charge in [-0.15, -0.1) is 0 Å². The third-order valence-corrected chi connectivity index (χ3v) is 6.69. The lowest BCUT2D eigenvalue weighted by atomic mass is 9.94. The van der Waals surface area contributed by atoms with Crippen LogP contribution in [-0.4, -0.2) is 49.9 Å². The summed E-state index contributed by atoms with van der Waals surface area (Å²) in [5.74, 6) is 0.590. The molecule has 0 bridgehead atoms. The highest BCUT2D eigenvalue weighted by Gasteiger charge is 2.42. The van der Waals surface area contributed by atoms with Crippen molar-refractivity contribution in [3.8, 4) is 17.2 Å². The highest BCUT2D eigenvalue weighted by Crippen LogP contribution is 2.49. The lowest BCUT2D eigenvalue weighted by molar-refractivity contribution is -0.139. The van der Waals surface area contributed by atoms with Gasteiger partial charge in [0.15, 0.2) is 16.7 Å². The molecule has 8 nitrogen and oxygen atoms in total. The van der Waals surface area contributed by atoms with E-state index in [1.807, 2.05) is 36.4 Å². The Hall–Kier alpha value is -3.72. The summed E-state index contributed by atoms with van der Waals surface area (Å²) in [5, 5.41) is 0.462. The zero-order chi connectivity index (χ0) is 25.1. The minimum absolute atomic E-state index is 0.222. The number of carbonyl (C=O) groups is 2. The van der Waals surface area contributed by atoms with Gasteiger partial charge in [-0.25, -0.2) is 9.79 Å². The molecule has 2 aromatic carbocycles. The average molecular weight is 495 g/mol. The Morgan fingerprint density at radius 2 is 1.74 bits per heavy atom. The number of ether oxygens (including phenoxy) is 4. The number of hydrogen-bond donors (Lipinski definition) is 0. The first kappa shape index (κ1) is 24.4. The number of rotatable bonds is 7. The number of carbonyl (C=O) groups excluding carboxylic acids is 2. The van der Waals surface area contributed by atoms with Gasteiger partial charge in [0.05, 0.1) is 45.2 Å². The molecule has 0 saturated carbocycles. The van der Waals surface area contributed by atoms with Crippen molar-refractivity contribution in [1.29, 1.82) is 0 Å². The van der Waals surface area contributed by atoms with E-state index >= 15 is 0 Å². The summed E-state index contributed by atoms with van der Waals surface area (Å²) in [6.07, 6.45) is 1.52. The molecule has 0 unspecified atom stereocenters. The van der Waals surface area contributed by atoms with E-state index in [0.717, 1.165) is 5.56 Å². The summed E-state index contributed by atoms with van der Waals surface area (Å²) in [5.41, 5.74) is 2.30. The monoisotopic (exact) mass is 494 g/mol. The molecule has 2 heterocycles. The van der Waals surface area contributed by atoms with Gasteiger partial charge < -0.3 is 18.9 Å². The maximum Gasteiger partial charge on any atom is 0.338 e. The Bertz CT molecular complexity index is 1250. The summed E-state index contributed by atoms with van der Waals surface area (Å²) < 4.78 is 21.8. The van der Waals surface area contributed by atoms with Crippen molar-refractivity contribution < 1.29 is 28.5 Å². The topological polar surface area (TPSA) is 86.7 Å². The smallest absolute Gasteiger partial charge is 0.338 e. The molecule has 0 aromatic heterocycles. The quantitative estimate of drug-likeness (QED) is 0.521. The largest absolute Gasteiger partial charge is 0.493 e. The standard InChI is InChI=1S/C26H26N2O6S/c1-6-34-25(30)21-15(2)27-26-28(22(21)16-10-8-7-9-11-16)20(29)14-19(35-26)17-12-13-18(31-3)24(33-5)23(17)32-4/h7-14,22H,6H2,1-5H3/t22-/m1/s1. The minimum Gasteiger partial charge on any atom is -0.493 e. The molecule has 1 atom stereocenters. The van der Waals surface area contributed by atoms with Gasteiger partial charge in [0.2, 0.25) is 5.75 Å². The van der Waals surface area contributed by atoms with Crippen molar-refractivity contribution in [2.75, 3.05) is 27.9 Å². The lowest BCUT2D eigenvalue weighted by Crippen LogP contribution is -2.44. The Balaban J connectivity index is 1.85. The third kappa shape index (κ3) is 4.39. The van der Waals surface area contributed by atoms with Crippen LogP contribution in [0.25, 0.3) is 4.91 Å². The van der Waals surface area contributed by atoms with Crippen molar-refractivity contribution in [3.05, 3.63) is 70.9 Å². The predicted molar refractivity (Wildman–Crippen MR) is 134 cm³/mol. The van der Waals surface area contributed by atoms with Crippen molar-refractivity contribution in [2.45, 2.75) is 19.9 Å². The van der Waals surface area contributed by atoms with E-state index in [2.05, 4.69) is 4.99 Å². The van der Waals surface area contributed by atoms with Crippen molar-refractivity contribution in [1.82, 2.24) is 4.90 Å². The van der Waals surface area contributed by atoms with Crippen LogP contribution < -0.4 is 14.2 Å². The molecule has 1 amide bonds. The van der Waals surface area contributed by atoms with E-state index in [9.17, 15) is 9.59 Å². The van der Waals surface area contributed by atoms with Crippen molar-refractivity contribution >= 4 is 33.7 Å². The normalized spacial score (nSPS) is 17.3. The molecule has 9 heteroatoms. The molecule has 2 aromatic rings. The molecule has 0 N–H and O–H groups in total. The fourth-order valence-corrected chi connectivity index (χ4v) is 5.25. The zero-order valence-electron chi connectivity index (χ0n) is 20.2. The summed E-state index contributed by atoms with van der Waals surface area (Å²) in [6.45, 7) is 3.72. The molecule has 0 fully saturated rings. The van der Waals surface area contributed by atoms with Gasteiger partial charge in [0, 0.05) is 16.5 Å². The number of allylic oxidation sites excluding steroid dienone is 1. The van der Waals surface area contributed by atoms with Gasteiger partial charge >= 0.3 is 5.97 Å². The van der Waals surface area contributed by atoms with Gasteiger partial charge in [0.25, 0.3) is 5.91 Å². The van der Waals surface area contributed by atoms with Crippen LogP contribution in [0.15, 0.2) is 64.8 Å². The van der Waals surface area contributed by atoms with Gasteiger partial charge in [0.1, 0.15) is 0 Å². The minimum atomic E-state index is -0.659. The van der Waals surface area contributed by atoms with Crippen LogP contribution >= 0.6 is 11.8 Å². The number of hydrogen-bond acceptors (Lipinski definition) is 8. The van der Waals surface area contributed by atoms with Crippen LogP contribution in [0.5, 0.6) is 17.2 Å². The van der Waals surface area contributed by atoms with Crippen molar-refractivity contribution in [3.63, 3.8) is 0 Å². The zero-order valence-corrected chi connectivity index (χ0v) is 21.0. The maximum atomic E-state index is 13.6. The van der Waals surface area contributed by atoms with E-state index in [4.69, 9.17) is 18.9 Å². The second-order valence-corrected chi connectivity index (χ2v) is 8.64. The Labute approximate surface area is 208 Å². The summed E-state index contributed by atoms with van der Waals surface area (Å²) in [6, 6.07) is 12.3. The van der Waals surface area contributed by atoms with Gasteiger partial charge in [-0.1, -0.05) is 42.1 Å². The van der Waals surface area contributed by atoms with E-state index in [1.54, 1.807) is 27.0 Å². The third-order valence-electron chi connectivity index (χ3n) is 5.66. The Kier molecular flexibility index (Phi) is 7.16. The highest BCUT2D eigenvalue weighted by atomic mass is 32.2. The number of esters is 1. The number of fused-ring (bicyclic) bond motifs is 1. The fourth-order valence-electron chi connectivity index (χ4n) is 4.15. The van der Waals surface area contributed by atoms with Gasteiger partial charge in [-0.05, 0) is 31.5 Å². The van der Waals surface area contributed by atoms with Crippen LogP contribution in [0.2, 0.25) is 0 Å². The molecule has 35 heavy (non-hydrogen) atoms. The summed E-state index contributed by atoms with van der Waals surface area (Å²) in [4.78, 5) is 33.3. The SMILES string of the molecule is CCOC(=O)C1=C(C)N=C2SC(c3ccc(OC)c(OC)c3OC)=CC(=O)N2[C@@H]1c1ccccc1. The number of methoxy groups -OCH3 is 3. The number of amidine groups is 1. The number of nitrogens with zero attached hydrogens (tertiary/aromatic N) is 2. The average Bonchev–Trinajstić information content (AvgIpc) is 2.87. The van der Waals surface area contributed by atoms with Crippen LogP contribution in [0.1, 0.15) is 31.0 Å². The number of thioether (sulfide) groups is 1. The van der Waals surface area contributed by atoms with Crippen LogP contribution in [-0.2, 0) is 14.3 Å². The van der Waals surface area contributed by atoms with E-state index in [-0.39, 0.29) is 12.5 Å². The molecule has 0 saturated heterocycles. The molecule has 182 valence electrons. The summed E-state index contributed by atoms with van der Waals surface area (Å²) in [7, 11) is 4.61. The highest BCUT2D eigenvalue weighted by molar-refractivity contribution is 8.21. The van der Waals surface area contributed by atoms with Crippen LogP contribution in [0.3, 0.4) is 0 Å². The Morgan fingerprint density at radius 1 is 1.03 bits per heavy atom. The van der Waals surface area contributed by atoms with E-state index in [1.165, 1.54) is 37.0 Å². The first-order valence-corrected chi connectivity index (χ1v) is 11.8. The number of benzene rings is 2. The molecule has 2 aliphatic heterocycles. The van der Waals surface area contributed by atoms with E-state index < -0.39 is 12.0 Å². The van der Waals surface area contributed by atoms with Gasteiger partial charge in [-0.2, -0.15) is 0 Å². The molecular weight excluding hydrogens is 468 g/mol. The number of amides is 1. The van der Waals surface area contributed by atoms with E-state index in [0.29, 0.717) is 44.2 Å². The predicted octanol–water partition coefficient (Wildman–Crippen LogP) is 4.58. The fraction of sp³-hybridized carbons (Fsp3) is 0.269. The number of aliphatic imine (C=N–C) groups is 1. The van der Waals surface area contributed by atoms with Gasteiger partial charge in [-0.3, -0.25) is 9.69 Å². The second kappa shape index (κ2) is 10.3. The summed E-state index contributed by atoms with van der Waals surface area (Å²) >= 11 is 1.32. The van der Waals surface area contributed by atoms with Crippen molar-refractivity contribution in [2.24, 2.45) is 4.99 Å². The van der Waals surface area contributed by atoms with Crippen LogP contribution in [0.4, 0.5) is 0 Å². The molecular formula is C26H26N2O6S. The molecule has 2 aliphatic rings. The molecule has 0 spiro atoms. The lowest BCUT2D eigenvalue weighted by Gasteiger charge is -2.38. The van der Waals surface area contributed by atoms with Crippen LogP contribution in [0, 0.1) is 0 Å². The molecule has 4 rings (SSSR count).